The van der Waals surface area contributed by atoms with Gasteiger partial charge in [0.25, 0.3) is 0 Å². The highest BCUT2D eigenvalue weighted by Gasteiger charge is 2.63. The largest absolute Gasteiger partial charge is 0.505 e. The van der Waals surface area contributed by atoms with Crippen LogP contribution in [0.15, 0.2) is 22.3 Å². The highest BCUT2D eigenvalue weighted by molar-refractivity contribution is 14.1. The maximum Gasteiger partial charge on any atom is 0.168 e. The summed E-state index contributed by atoms with van der Waals surface area (Å²) in [5, 5.41) is 21.2. The number of fused-ring (bicyclic) bond motifs is 5. The van der Waals surface area contributed by atoms with Crippen LogP contribution >= 0.6 is 22.6 Å². The van der Waals surface area contributed by atoms with Crippen molar-refractivity contribution in [3.63, 3.8) is 0 Å². The lowest BCUT2D eigenvalue weighted by Crippen LogP contribution is -2.54. The summed E-state index contributed by atoms with van der Waals surface area (Å²) in [6.45, 7) is 2.20. The molecule has 0 spiro atoms. The average Bonchev–Trinajstić information content (AvgIpc) is 2.88. The van der Waals surface area contributed by atoms with E-state index >= 15 is 0 Å². The van der Waals surface area contributed by atoms with Gasteiger partial charge in [-0.3, -0.25) is 0 Å². The predicted molar refractivity (Wildman–Crippen MR) is 107 cm³/mol. The third-order valence-corrected chi connectivity index (χ3v) is 7.99. The molecule has 5 heteroatoms. The number of aliphatic hydroxyl groups is 1. The molecular weight excluding hydrogens is 446 g/mol. The van der Waals surface area contributed by atoms with Crippen LogP contribution in [-0.2, 0) is 11.2 Å². The summed E-state index contributed by atoms with van der Waals surface area (Å²) < 4.78 is 22.3. The molecule has 0 unspecified atom stereocenters. The van der Waals surface area contributed by atoms with Crippen molar-refractivity contribution < 1.29 is 19.3 Å². The van der Waals surface area contributed by atoms with Gasteiger partial charge in [-0.1, -0.05) is 35.6 Å². The van der Waals surface area contributed by atoms with Gasteiger partial charge < -0.3 is 14.9 Å². The van der Waals surface area contributed by atoms with Gasteiger partial charge in [-0.2, -0.15) is 0 Å². The Morgan fingerprint density at radius 2 is 2.12 bits per heavy atom. The van der Waals surface area contributed by atoms with Gasteiger partial charge in [0.2, 0.25) is 0 Å². The Morgan fingerprint density at radius 3 is 2.81 bits per heavy atom. The van der Waals surface area contributed by atoms with Crippen LogP contribution in [-0.4, -0.2) is 29.0 Å². The topological polar surface area (TPSA) is 49.7 Å². The van der Waals surface area contributed by atoms with Crippen molar-refractivity contribution in [1.29, 1.82) is 0 Å². The zero-order valence-electron chi connectivity index (χ0n) is 15.2. The molecule has 0 saturated heterocycles. The molecule has 26 heavy (non-hydrogen) atoms. The molecule has 0 heterocycles. The quantitative estimate of drug-likeness (QED) is 0.615. The zero-order chi connectivity index (χ0) is 18.7. The van der Waals surface area contributed by atoms with Crippen molar-refractivity contribution in [2.24, 2.45) is 17.3 Å². The van der Waals surface area contributed by atoms with E-state index in [1.54, 1.807) is 7.11 Å². The molecule has 3 aliphatic rings. The molecular formula is C21H26FIO3. The van der Waals surface area contributed by atoms with E-state index in [1.165, 1.54) is 6.07 Å². The highest BCUT2D eigenvalue weighted by atomic mass is 127. The average molecular weight is 472 g/mol. The molecule has 2 fully saturated rings. The predicted octanol–water partition coefficient (Wildman–Crippen LogP) is 4.69. The molecule has 0 bridgehead atoms. The number of hydrogen-bond donors (Lipinski definition) is 2. The number of phenols is 1. The van der Waals surface area contributed by atoms with E-state index in [2.05, 4.69) is 29.5 Å². The smallest absolute Gasteiger partial charge is 0.168 e. The third-order valence-electron chi connectivity index (χ3n) is 7.64. The minimum absolute atomic E-state index is 0.0588. The van der Waals surface area contributed by atoms with Gasteiger partial charge >= 0.3 is 0 Å². The van der Waals surface area contributed by atoms with Crippen LogP contribution in [0.3, 0.4) is 0 Å². The number of phenolic OH excluding ortho intramolecular Hbond substituents is 1. The Kier molecular flexibility index (Phi) is 4.64. The first-order valence-corrected chi connectivity index (χ1v) is 10.6. The van der Waals surface area contributed by atoms with Crippen LogP contribution in [0.25, 0.3) is 0 Å². The maximum absolute atomic E-state index is 14.5. The number of halogens is 2. The SMILES string of the molecule is CO[C@H]1C[C@@]2(C)[C@@H](CC[C@@]2(O)/C=C/I)[C@@H]2CCc3c(ccc(O)c3F)[C@H]21. The van der Waals surface area contributed by atoms with Gasteiger partial charge in [0.1, 0.15) is 0 Å². The Hall–Kier alpha value is -0.660. The highest BCUT2D eigenvalue weighted by Crippen LogP contribution is 2.65. The lowest BCUT2D eigenvalue weighted by molar-refractivity contribution is -0.120. The standard InChI is InChI=1S/C21H26FIO3/c1-20-11-17(26-2)18-12-5-6-16(24)19(22)13(12)3-4-14(18)15(20)7-8-21(20,25)9-10-23/h5-6,9-10,14-15,17-18,24-25H,3-4,7-8,11H2,1-2H3/b10-9+/t14-,15-,17-,18+,20-,21+/m0/s1. The molecule has 2 N–H and O–H groups in total. The third kappa shape index (κ3) is 2.42. The molecule has 0 radical (unpaired) electrons. The lowest BCUT2D eigenvalue weighted by atomic mass is 9.52. The van der Waals surface area contributed by atoms with Crippen molar-refractivity contribution in [1.82, 2.24) is 0 Å². The molecule has 1 aromatic carbocycles. The van der Waals surface area contributed by atoms with E-state index in [-0.39, 0.29) is 23.2 Å². The first kappa shape index (κ1) is 18.7. The van der Waals surface area contributed by atoms with Crippen LogP contribution in [0, 0.1) is 23.1 Å². The summed E-state index contributed by atoms with van der Waals surface area (Å²) in [5.74, 6) is 0.148. The number of aromatic hydroxyl groups is 1. The molecule has 3 aliphatic carbocycles. The van der Waals surface area contributed by atoms with E-state index in [0.717, 1.165) is 31.2 Å². The molecule has 3 nitrogen and oxygen atoms in total. The van der Waals surface area contributed by atoms with E-state index in [0.29, 0.717) is 23.8 Å². The van der Waals surface area contributed by atoms with E-state index in [4.69, 9.17) is 4.74 Å². The second kappa shape index (κ2) is 6.45. The first-order valence-electron chi connectivity index (χ1n) is 9.39. The van der Waals surface area contributed by atoms with Crippen molar-refractivity contribution in [3.05, 3.63) is 39.2 Å². The Labute approximate surface area is 167 Å². The van der Waals surface area contributed by atoms with Gasteiger partial charge in [-0.15, -0.1) is 0 Å². The Morgan fingerprint density at radius 1 is 1.35 bits per heavy atom. The van der Waals surface area contributed by atoms with Crippen LogP contribution < -0.4 is 0 Å². The second-order valence-corrected chi connectivity index (χ2v) is 9.17. The number of rotatable bonds is 2. The van der Waals surface area contributed by atoms with Crippen LogP contribution in [0.2, 0.25) is 0 Å². The summed E-state index contributed by atoms with van der Waals surface area (Å²) in [6.07, 6.45) is 5.93. The molecule has 0 aromatic heterocycles. The van der Waals surface area contributed by atoms with Crippen molar-refractivity contribution in [2.75, 3.05) is 7.11 Å². The summed E-state index contributed by atoms with van der Waals surface area (Å²) in [7, 11) is 1.72. The number of ether oxygens (including phenoxy) is 1. The van der Waals surface area contributed by atoms with E-state index in [1.807, 2.05) is 16.2 Å². The second-order valence-electron chi connectivity index (χ2n) is 8.45. The molecule has 1 aromatic rings. The van der Waals surface area contributed by atoms with Crippen LogP contribution in [0.1, 0.15) is 49.7 Å². The van der Waals surface area contributed by atoms with Crippen LogP contribution in [0.4, 0.5) is 4.39 Å². The molecule has 0 amide bonds. The lowest BCUT2D eigenvalue weighted by Gasteiger charge is -2.55. The fourth-order valence-electron chi connectivity index (χ4n) is 6.31. The Bertz CT molecular complexity index is 751. The minimum Gasteiger partial charge on any atom is -0.505 e. The molecule has 4 rings (SSSR count). The number of hydrogen-bond acceptors (Lipinski definition) is 3. The normalized spacial score (nSPS) is 41.7. The van der Waals surface area contributed by atoms with Crippen molar-refractivity contribution in [2.45, 2.75) is 56.7 Å². The van der Waals surface area contributed by atoms with Gasteiger partial charge in [0.15, 0.2) is 11.6 Å². The van der Waals surface area contributed by atoms with Gasteiger partial charge in [0, 0.05) is 18.4 Å². The summed E-state index contributed by atoms with van der Waals surface area (Å²) >= 11 is 2.18. The monoisotopic (exact) mass is 472 g/mol. The van der Waals surface area contributed by atoms with Gasteiger partial charge in [-0.25, -0.2) is 4.39 Å². The van der Waals surface area contributed by atoms with Gasteiger partial charge in [-0.05, 0) is 71.3 Å². The van der Waals surface area contributed by atoms with Gasteiger partial charge in [0.05, 0.1) is 11.7 Å². The summed E-state index contributed by atoms with van der Waals surface area (Å²) in [5.41, 5.74) is 0.604. The summed E-state index contributed by atoms with van der Waals surface area (Å²) in [4.78, 5) is 0. The van der Waals surface area contributed by atoms with Crippen molar-refractivity contribution in [3.8, 4) is 5.75 Å². The summed E-state index contributed by atoms with van der Waals surface area (Å²) in [6, 6.07) is 3.35. The van der Waals surface area contributed by atoms with Crippen molar-refractivity contribution >= 4 is 22.6 Å². The molecule has 2 saturated carbocycles. The minimum atomic E-state index is -0.804. The first-order chi connectivity index (χ1) is 12.4. The Balaban J connectivity index is 1.80. The molecule has 6 atom stereocenters. The fourth-order valence-corrected chi connectivity index (χ4v) is 6.90. The number of benzene rings is 1. The number of methoxy groups -OCH3 is 1. The maximum atomic E-state index is 14.5. The fraction of sp³-hybridized carbons (Fsp3) is 0.619. The van der Waals surface area contributed by atoms with E-state index < -0.39 is 11.4 Å². The molecule has 142 valence electrons. The van der Waals surface area contributed by atoms with E-state index in [9.17, 15) is 14.6 Å². The zero-order valence-corrected chi connectivity index (χ0v) is 17.4. The molecule has 0 aliphatic heterocycles. The van der Waals surface area contributed by atoms with Crippen LogP contribution in [0.5, 0.6) is 5.75 Å².